The largest absolute Gasteiger partial charge is 0.489 e. The van der Waals surface area contributed by atoms with Gasteiger partial charge in [0.15, 0.2) is 0 Å². The van der Waals surface area contributed by atoms with E-state index in [-0.39, 0.29) is 23.9 Å². The zero-order valence-electron chi connectivity index (χ0n) is 20.3. The van der Waals surface area contributed by atoms with E-state index in [2.05, 4.69) is 21.2 Å². The maximum atomic E-state index is 12.6. The Bertz CT molecular complexity index is 1030. The molecule has 1 aromatic heterocycles. The summed E-state index contributed by atoms with van der Waals surface area (Å²) in [6.07, 6.45) is 1.32. The van der Waals surface area contributed by atoms with Crippen molar-refractivity contribution in [1.82, 2.24) is 10.6 Å². The van der Waals surface area contributed by atoms with Crippen LogP contribution in [0.3, 0.4) is 0 Å². The molecule has 1 saturated heterocycles. The van der Waals surface area contributed by atoms with Crippen LogP contribution in [0, 0.1) is 0 Å². The first-order chi connectivity index (χ1) is 16.8. The van der Waals surface area contributed by atoms with Crippen LogP contribution in [0.5, 0.6) is 5.75 Å². The first-order valence-corrected chi connectivity index (χ1v) is 11.8. The molecule has 2 aromatic rings. The van der Waals surface area contributed by atoms with Crippen molar-refractivity contribution in [3.05, 3.63) is 30.0 Å². The van der Waals surface area contributed by atoms with E-state index in [1.807, 2.05) is 44.0 Å². The summed E-state index contributed by atoms with van der Waals surface area (Å²) >= 11 is 0. The van der Waals surface area contributed by atoms with E-state index in [9.17, 15) is 9.59 Å². The molecule has 0 spiro atoms. The Morgan fingerprint density at radius 1 is 1.29 bits per heavy atom. The standard InChI is InChI=1S/C23H32N6O6/c1-23(2,3)24-13-16(15-33-19-6-4-5-18-17(19)7-8-20(30)25-18)34-22(31)26-21-14-29(27-35-21)28-9-11-32-12-10-28/h4-6,14,16,24H,7-13,15H2,1-3H3,(H-,25,26,27,30,31)/p+1. The summed E-state index contributed by atoms with van der Waals surface area (Å²) in [5.74, 6) is 0.816. The summed E-state index contributed by atoms with van der Waals surface area (Å²) in [6.45, 7) is 9.14. The molecule has 1 aromatic carbocycles. The summed E-state index contributed by atoms with van der Waals surface area (Å²) in [5, 5.41) is 14.7. The maximum absolute atomic E-state index is 12.6. The van der Waals surface area contributed by atoms with Crippen LogP contribution < -0.4 is 30.5 Å². The molecule has 4 rings (SSSR count). The summed E-state index contributed by atoms with van der Waals surface area (Å²) in [4.78, 5) is 25.9. The summed E-state index contributed by atoms with van der Waals surface area (Å²) in [6, 6.07) is 5.52. The van der Waals surface area contributed by atoms with Gasteiger partial charge in [-0.3, -0.25) is 14.6 Å². The van der Waals surface area contributed by atoms with Crippen LogP contribution in [0.4, 0.5) is 16.4 Å². The fourth-order valence-electron chi connectivity index (χ4n) is 3.73. The molecule has 0 radical (unpaired) electrons. The van der Waals surface area contributed by atoms with Crippen LogP contribution in [0.15, 0.2) is 28.9 Å². The van der Waals surface area contributed by atoms with E-state index in [0.29, 0.717) is 51.4 Å². The van der Waals surface area contributed by atoms with E-state index >= 15 is 0 Å². The number of benzene rings is 1. The van der Waals surface area contributed by atoms with Gasteiger partial charge in [0.1, 0.15) is 18.5 Å². The average molecular weight is 490 g/mol. The molecule has 1 fully saturated rings. The minimum absolute atomic E-state index is 0.00994. The van der Waals surface area contributed by atoms with Gasteiger partial charge in [-0.2, -0.15) is 0 Å². The van der Waals surface area contributed by atoms with Crippen molar-refractivity contribution in [3.8, 4) is 5.75 Å². The van der Waals surface area contributed by atoms with Crippen LogP contribution in [0.2, 0.25) is 0 Å². The van der Waals surface area contributed by atoms with E-state index in [1.165, 1.54) is 4.79 Å². The monoisotopic (exact) mass is 489 g/mol. The van der Waals surface area contributed by atoms with Crippen molar-refractivity contribution in [2.24, 2.45) is 0 Å². The van der Waals surface area contributed by atoms with Crippen LogP contribution in [0.25, 0.3) is 0 Å². The van der Waals surface area contributed by atoms with Crippen molar-refractivity contribution in [3.63, 3.8) is 0 Å². The van der Waals surface area contributed by atoms with Crippen molar-refractivity contribution in [2.75, 3.05) is 55.1 Å². The number of nitrogens with one attached hydrogen (secondary N) is 3. The molecule has 0 saturated carbocycles. The third-order valence-electron chi connectivity index (χ3n) is 5.53. The highest BCUT2D eigenvalue weighted by Gasteiger charge is 2.26. The van der Waals surface area contributed by atoms with Crippen LogP contribution in [-0.4, -0.2) is 68.4 Å². The van der Waals surface area contributed by atoms with Crippen LogP contribution >= 0.6 is 0 Å². The predicted molar refractivity (Wildman–Crippen MR) is 126 cm³/mol. The summed E-state index contributed by atoms with van der Waals surface area (Å²) < 4.78 is 22.3. The number of carbonyl (C=O) groups is 2. The van der Waals surface area contributed by atoms with Crippen LogP contribution in [-0.2, 0) is 20.7 Å². The number of fused-ring (bicyclic) bond motifs is 1. The highest BCUT2D eigenvalue weighted by molar-refractivity contribution is 5.94. The van der Waals surface area contributed by atoms with Gasteiger partial charge in [0.05, 0.1) is 31.1 Å². The normalized spacial score (nSPS) is 16.8. The molecular weight excluding hydrogens is 456 g/mol. The lowest BCUT2D eigenvalue weighted by Gasteiger charge is -2.26. The lowest BCUT2D eigenvalue weighted by atomic mass is 10.0. The molecule has 2 aliphatic rings. The van der Waals surface area contributed by atoms with E-state index < -0.39 is 12.2 Å². The Kier molecular flexibility index (Phi) is 7.71. The number of ether oxygens (including phenoxy) is 3. The number of hydrogen-bond donors (Lipinski definition) is 3. The Hall–Kier alpha value is -3.38. The summed E-state index contributed by atoms with van der Waals surface area (Å²) in [5.41, 5.74) is 1.51. The van der Waals surface area contributed by atoms with Gasteiger partial charge in [0.2, 0.25) is 11.2 Å². The SMILES string of the molecule is CC(C)(C)NCC(COc1cccc2c1CCC(=O)N2)OC(=O)Nc1c[n+](N2CCOCC2)no1. The zero-order chi connectivity index (χ0) is 24.8. The van der Waals surface area contributed by atoms with Gasteiger partial charge >= 0.3 is 12.0 Å². The van der Waals surface area contributed by atoms with E-state index in [1.54, 1.807) is 6.20 Å². The number of morpholine rings is 1. The second-order valence-corrected chi connectivity index (χ2v) is 9.48. The fraction of sp³-hybridized carbons (Fsp3) is 0.565. The molecule has 1 atom stereocenters. The van der Waals surface area contributed by atoms with Gasteiger partial charge < -0.3 is 24.8 Å². The minimum atomic E-state index is -0.679. The average Bonchev–Trinajstić information content (AvgIpc) is 3.29. The number of aromatic nitrogens is 2. The van der Waals surface area contributed by atoms with Crippen LogP contribution in [0.1, 0.15) is 32.8 Å². The second kappa shape index (κ2) is 10.9. The van der Waals surface area contributed by atoms with Gasteiger partial charge in [-0.15, -0.1) is 5.01 Å². The highest BCUT2D eigenvalue weighted by atomic mass is 16.6. The first-order valence-electron chi connectivity index (χ1n) is 11.8. The fourth-order valence-corrected chi connectivity index (χ4v) is 3.73. The lowest BCUT2D eigenvalue weighted by molar-refractivity contribution is -0.759. The van der Waals surface area contributed by atoms with Gasteiger partial charge in [0.25, 0.3) is 6.20 Å². The quantitative estimate of drug-likeness (QED) is 0.468. The van der Waals surface area contributed by atoms with Gasteiger partial charge in [-0.25, -0.2) is 4.79 Å². The smallest absolute Gasteiger partial charge is 0.414 e. The lowest BCUT2D eigenvalue weighted by Crippen LogP contribution is -2.62. The molecule has 2 aliphatic heterocycles. The van der Waals surface area contributed by atoms with E-state index in [4.69, 9.17) is 18.7 Å². The molecule has 0 aliphatic carbocycles. The third kappa shape index (κ3) is 7.06. The molecule has 3 heterocycles. The Labute approximate surface area is 203 Å². The Balaban J connectivity index is 1.37. The number of nitrogens with zero attached hydrogens (tertiary/aromatic N) is 3. The Morgan fingerprint density at radius 2 is 2.09 bits per heavy atom. The molecule has 3 N–H and O–H groups in total. The maximum Gasteiger partial charge on any atom is 0.414 e. The summed E-state index contributed by atoms with van der Waals surface area (Å²) in [7, 11) is 0. The number of anilines is 2. The highest BCUT2D eigenvalue weighted by Crippen LogP contribution is 2.31. The zero-order valence-corrected chi connectivity index (χ0v) is 20.3. The Morgan fingerprint density at radius 3 is 2.86 bits per heavy atom. The van der Waals surface area contributed by atoms with E-state index in [0.717, 1.165) is 11.3 Å². The predicted octanol–water partition coefficient (Wildman–Crippen LogP) is 1.20. The third-order valence-corrected chi connectivity index (χ3v) is 5.53. The molecule has 12 nitrogen and oxygen atoms in total. The molecule has 2 amide bonds. The topological polar surface area (TPSA) is 131 Å². The number of amides is 2. The van der Waals surface area contributed by atoms with Gasteiger partial charge in [-0.1, -0.05) is 6.07 Å². The first kappa shape index (κ1) is 24.7. The number of hydrogen-bond acceptors (Lipinski definition) is 9. The van der Waals surface area contributed by atoms with Crippen molar-refractivity contribution >= 4 is 23.6 Å². The number of rotatable bonds is 8. The van der Waals surface area contributed by atoms with Crippen molar-refractivity contribution < 1.29 is 33.1 Å². The molecule has 35 heavy (non-hydrogen) atoms. The van der Waals surface area contributed by atoms with Gasteiger partial charge in [-0.05, 0) is 39.3 Å². The molecular formula is C23H33N6O6+. The molecule has 0 bridgehead atoms. The van der Waals surface area contributed by atoms with Gasteiger partial charge in [0, 0.05) is 29.8 Å². The molecule has 12 heteroatoms. The van der Waals surface area contributed by atoms with Crippen molar-refractivity contribution in [1.29, 1.82) is 0 Å². The molecule has 190 valence electrons. The minimum Gasteiger partial charge on any atom is -0.489 e. The second-order valence-electron chi connectivity index (χ2n) is 9.48. The van der Waals surface area contributed by atoms with Crippen molar-refractivity contribution in [2.45, 2.75) is 45.3 Å². The molecule has 1 unspecified atom stereocenters. The number of carbonyl (C=O) groups excluding carboxylic acids is 2.